The fourth-order valence-corrected chi connectivity index (χ4v) is 8.41. The Labute approximate surface area is 243 Å². The fourth-order valence-electron chi connectivity index (χ4n) is 8.41. The number of carbonyl (C=O) groups is 2. The molecule has 5 saturated carbocycles. The van der Waals surface area contributed by atoms with Crippen molar-refractivity contribution >= 4 is 11.9 Å². The molecule has 9 heteroatoms. The van der Waals surface area contributed by atoms with Gasteiger partial charge < -0.3 is 18.9 Å². The summed E-state index contributed by atoms with van der Waals surface area (Å²) in [6.07, 6.45) is 2.40. The number of para-hydroxylation sites is 1. The number of carbonyl (C=O) groups excluding carboxylic acids is 2. The minimum Gasteiger partial charge on any atom is -0.483 e. The van der Waals surface area contributed by atoms with Gasteiger partial charge in [0.15, 0.2) is 11.5 Å². The lowest BCUT2D eigenvalue weighted by Gasteiger charge is -2.59. The van der Waals surface area contributed by atoms with Crippen molar-refractivity contribution in [3.05, 3.63) is 54.1 Å². The van der Waals surface area contributed by atoms with Gasteiger partial charge in [0.2, 0.25) is 0 Å². The lowest BCUT2D eigenvalue weighted by atomic mass is 9.48. The molecule has 0 spiro atoms. The molecule has 4 bridgehead atoms. The zero-order valence-corrected chi connectivity index (χ0v) is 24.0. The van der Waals surface area contributed by atoms with Gasteiger partial charge in [0.25, 0.3) is 0 Å². The van der Waals surface area contributed by atoms with E-state index in [1.54, 1.807) is 12.1 Å². The highest BCUT2D eigenvalue weighted by Crippen LogP contribution is 2.63. The molecule has 2 aromatic rings. The molecule has 5 aliphatic carbocycles. The van der Waals surface area contributed by atoms with Crippen molar-refractivity contribution in [2.75, 3.05) is 0 Å². The van der Waals surface area contributed by atoms with Gasteiger partial charge in [0, 0.05) is 6.42 Å². The molecule has 7 rings (SSSR count). The first kappa shape index (κ1) is 28.9. The molecule has 0 heterocycles. The van der Waals surface area contributed by atoms with E-state index in [0.717, 1.165) is 25.3 Å². The standard InChI is InChI=1S/C33H37F3O6/c1-21(2)32(12-6-7-13-32)40-27-15-24(10-11-26(27)41-33(34,35)36)28(37)42-31-18-22-14-23(19-31)17-30(16-22,20-31)29(38)39-25-8-4-3-5-9-25/h3-5,8-11,15,21-23H,6-7,12-14,16-20H2,1-2H3. The van der Waals surface area contributed by atoms with Crippen molar-refractivity contribution in [1.29, 1.82) is 0 Å². The molecule has 2 unspecified atom stereocenters. The van der Waals surface area contributed by atoms with E-state index >= 15 is 0 Å². The van der Waals surface area contributed by atoms with Gasteiger partial charge in [0.05, 0.1) is 11.0 Å². The molecule has 5 fully saturated rings. The molecule has 0 aromatic heterocycles. The Morgan fingerprint density at radius 1 is 0.905 bits per heavy atom. The molecule has 0 N–H and O–H groups in total. The molecule has 0 radical (unpaired) electrons. The second-order valence-corrected chi connectivity index (χ2v) is 13.3. The van der Waals surface area contributed by atoms with Crippen molar-refractivity contribution < 1.29 is 41.7 Å². The molecule has 5 aliphatic rings. The Morgan fingerprint density at radius 3 is 2.19 bits per heavy atom. The van der Waals surface area contributed by atoms with Crippen molar-refractivity contribution in [2.45, 2.75) is 95.6 Å². The molecule has 2 aromatic carbocycles. The minimum absolute atomic E-state index is 0.0493. The summed E-state index contributed by atoms with van der Waals surface area (Å²) < 4.78 is 62.4. The third-order valence-corrected chi connectivity index (χ3v) is 9.92. The molecular formula is C33H37F3O6. The molecule has 2 atom stereocenters. The summed E-state index contributed by atoms with van der Waals surface area (Å²) in [7, 11) is 0. The van der Waals surface area contributed by atoms with Crippen molar-refractivity contribution in [3.8, 4) is 17.2 Å². The van der Waals surface area contributed by atoms with Gasteiger partial charge >= 0.3 is 18.3 Å². The van der Waals surface area contributed by atoms with E-state index in [4.69, 9.17) is 14.2 Å². The Bertz CT molecular complexity index is 1320. The number of benzene rings is 2. The first-order valence-corrected chi connectivity index (χ1v) is 15.0. The molecular weight excluding hydrogens is 549 g/mol. The van der Waals surface area contributed by atoms with E-state index in [0.29, 0.717) is 50.7 Å². The molecule has 6 nitrogen and oxygen atoms in total. The zero-order chi connectivity index (χ0) is 29.8. The summed E-state index contributed by atoms with van der Waals surface area (Å²) in [5.41, 5.74) is -2.11. The van der Waals surface area contributed by atoms with Crippen LogP contribution in [0.1, 0.15) is 88.4 Å². The van der Waals surface area contributed by atoms with Gasteiger partial charge in [-0.3, -0.25) is 4.79 Å². The Hall–Kier alpha value is -3.23. The number of alkyl halides is 3. The summed E-state index contributed by atoms with van der Waals surface area (Å²) in [5.74, 6) is -0.531. The van der Waals surface area contributed by atoms with Gasteiger partial charge in [-0.25, -0.2) is 4.79 Å². The minimum atomic E-state index is -4.91. The number of rotatable bonds is 8. The Morgan fingerprint density at radius 2 is 1.57 bits per heavy atom. The number of hydrogen-bond donors (Lipinski definition) is 0. The van der Waals surface area contributed by atoms with Gasteiger partial charge in [-0.2, -0.15) is 0 Å². The molecule has 226 valence electrons. The average molecular weight is 587 g/mol. The third kappa shape index (κ3) is 5.59. The van der Waals surface area contributed by atoms with Crippen LogP contribution >= 0.6 is 0 Å². The van der Waals surface area contributed by atoms with Gasteiger partial charge in [-0.05, 0) is 106 Å². The van der Waals surface area contributed by atoms with Crippen LogP contribution in [0.2, 0.25) is 0 Å². The van der Waals surface area contributed by atoms with E-state index in [1.807, 2.05) is 32.0 Å². The van der Waals surface area contributed by atoms with Crippen LogP contribution < -0.4 is 14.2 Å². The second kappa shape index (κ2) is 10.5. The largest absolute Gasteiger partial charge is 0.573 e. The van der Waals surface area contributed by atoms with Crippen LogP contribution in [-0.2, 0) is 9.53 Å². The lowest BCUT2D eigenvalue weighted by molar-refractivity contribution is -0.275. The Kier molecular flexibility index (Phi) is 7.21. The van der Waals surface area contributed by atoms with Crippen LogP contribution in [0.4, 0.5) is 13.2 Å². The molecule has 42 heavy (non-hydrogen) atoms. The van der Waals surface area contributed by atoms with E-state index in [2.05, 4.69) is 4.74 Å². The summed E-state index contributed by atoms with van der Waals surface area (Å²) in [6, 6.07) is 12.7. The predicted molar refractivity (Wildman–Crippen MR) is 147 cm³/mol. The molecule has 0 saturated heterocycles. The van der Waals surface area contributed by atoms with Crippen LogP contribution in [0.3, 0.4) is 0 Å². The van der Waals surface area contributed by atoms with Crippen molar-refractivity contribution in [1.82, 2.24) is 0 Å². The number of esters is 2. The van der Waals surface area contributed by atoms with E-state index in [9.17, 15) is 22.8 Å². The third-order valence-electron chi connectivity index (χ3n) is 9.92. The number of ether oxygens (including phenoxy) is 4. The smallest absolute Gasteiger partial charge is 0.483 e. The maximum atomic E-state index is 13.6. The normalized spacial score (nSPS) is 29.4. The average Bonchev–Trinajstić information content (AvgIpc) is 3.38. The van der Waals surface area contributed by atoms with Crippen molar-refractivity contribution in [3.63, 3.8) is 0 Å². The van der Waals surface area contributed by atoms with Crippen LogP contribution in [-0.4, -0.2) is 29.5 Å². The van der Waals surface area contributed by atoms with E-state index in [-0.39, 0.29) is 35.0 Å². The fraction of sp³-hybridized carbons (Fsp3) is 0.576. The quantitative estimate of drug-likeness (QED) is 0.230. The summed E-state index contributed by atoms with van der Waals surface area (Å²) >= 11 is 0. The topological polar surface area (TPSA) is 71.1 Å². The maximum absolute atomic E-state index is 13.6. The molecule has 0 aliphatic heterocycles. The van der Waals surface area contributed by atoms with E-state index in [1.165, 1.54) is 12.1 Å². The van der Waals surface area contributed by atoms with Gasteiger partial charge in [-0.1, -0.05) is 32.0 Å². The number of halogens is 3. The maximum Gasteiger partial charge on any atom is 0.573 e. The highest BCUT2D eigenvalue weighted by atomic mass is 19.4. The second-order valence-electron chi connectivity index (χ2n) is 13.3. The van der Waals surface area contributed by atoms with Crippen LogP contribution in [0.25, 0.3) is 0 Å². The first-order chi connectivity index (χ1) is 19.9. The zero-order valence-electron chi connectivity index (χ0n) is 24.0. The summed E-state index contributed by atoms with van der Waals surface area (Å²) in [6.45, 7) is 3.97. The van der Waals surface area contributed by atoms with Crippen LogP contribution in [0.15, 0.2) is 48.5 Å². The van der Waals surface area contributed by atoms with E-state index < -0.39 is 34.7 Å². The van der Waals surface area contributed by atoms with Crippen LogP contribution in [0.5, 0.6) is 17.2 Å². The number of hydrogen-bond acceptors (Lipinski definition) is 6. The lowest BCUT2D eigenvalue weighted by Crippen LogP contribution is -2.60. The predicted octanol–water partition coefficient (Wildman–Crippen LogP) is 8.03. The SMILES string of the molecule is CC(C)C1(Oc2cc(C(=O)OC34CC5CC(C3)CC(C(=O)Oc3ccccc3)(C5)C4)ccc2OC(F)(F)F)CCCC1. The highest BCUT2D eigenvalue weighted by molar-refractivity contribution is 5.91. The summed E-state index contributed by atoms with van der Waals surface area (Å²) in [5, 5.41) is 0. The molecule has 0 amide bonds. The van der Waals surface area contributed by atoms with Crippen LogP contribution in [0, 0.1) is 23.2 Å². The van der Waals surface area contributed by atoms with Gasteiger partial charge in [0.1, 0.15) is 17.0 Å². The monoisotopic (exact) mass is 586 g/mol. The Balaban J connectivity index is 1.25. The highest BCUT2D eigenvalue weighted by Gasteiger charge is 2.63. The summed E-state index contributed by atoms with van der Waals surface area (Å²) in [4.78, 5) is 27.2. The van der Waals surface area contributed by atoms with Crippen molar-refractivity contribution in [2.24, 2.45) is 23.2 Å². The van der Waals surface area contributed by atoms with Gasteiger partial charge in [-0.15, -0.1) is 13.2 Å². The first-order valence-electron chi connectivity index (χ1n) is 15.0.